The standard InChI is InChI=1S/C11H11NO5/c12-9(13)15-6-11(7-16-10(14)17-11)8-4-2-1-3-5-8/h1-5H,6-7H2,(H2,12,13). The Hall–Kier alpha value is -2.24. The van der Waals surface area contributed by atoms with Gasteiger partial charge in [0.05, 0.1) is 0 Å². The monoisotopic (exact) mass is 237 g/mol. The van der Waals surface area contributed by atoms with E-state index in [1.165, 1.54) is 0 Å². The fourth-order valence-corrected chi connectivity index (χ4v) is 1.62. The second-order valence-corrected chi connectivity index (χ2v) is 3.61. The van der Waals surface area contributed by atoms with Crippen LogP contribution in [-0.2, 0) is 19.8 Å². The van der Waals surface area contributed by atoms with Crippen LogP contribution in [0.2, 0.25) is 0 Å². The predicted molar refractivity (Wildman–Crippen MR) is 56.1 cm³/mol. The zero-order chi connectivity index (χ0) is 12.3. The summed E-state index contributed by atoms with van der Waals surface area (Å²) >= 11 is 0. The minimum absolute atomic E-state index is 0.0108. The Kier molecular flexibility index (Phi) is 2.86. The molecule has 1 aliphatic heterocycles. The minimum Gasteiger partial charge on any atom is -0.445 e. The summed E-state index contributed by atoms with van der Waals surface area (Å²) in [6, 6.07) is 8.91. The van der Waals surface area contributed by atoms with Crippen molar-refractivity contribution in [2.24, 2.45) is 5.73 Å². The van der Waals surface area contributed by atoms with E-state index in [1.807, 2.05) is 6.07 Å². The maximum absolute atomic E-state index is 11.1. The van der Waals surface area contributed by atoms with E-state index in [0.29, 0.717) is 5.56 Å². The molecular weight excluding hydrogens is 226 g/mol. The topological polar surface area (TPSA) is 87.9 Å². The molecule has 1 atom stereocenters. The molecule has 2 rings (SSSR count). The molecule has 0 saturated carbocycles. The number of ether oxygens (including phenoxy) is 3. The fourth-order valence-electron chi connectivity index (χ4n) is 1.62. The maximum atomic E-state index is 11.1. The number of primary amides is 1. The smallest absolute Gasteiger partial charge is 0.445 e. The molecule has 1 aliphatic rings. The molecule has 1 heterocycles. The normalized spacial score (nSPS) is 22.7. The summed E-state index contributed by atoms with van der Waals surface area (Å²) in [5.74, 6) is 0. The number of rotatable bonds is 3. The zero-order valence-electron chi connectivity index (χ0n) is 8.92. The Morgan fingerprint density at radius 1 is 1.41 bits per heavy atom. The van der Waals surface area contributed by atoms with E-state index < -0.39 is 17.8 Å². The molecule has 0 bridgehead atoms. The number of hydrogen-bond acceptors (Lipinski definition) is 5. The average Bonchev–Trinajstić information content (AvgIpc) is 2.71. The lowest BCUT2D eigenvalue weighted by molar-refractivity contribution is -0.00345. The number of carbonyl (C=O) groups excluding carboxylic acids is 2. The van der Waals surface area contributed by atoms with Crippen LogP contribution in [0.1, 0.15) is 5.56 Å². The first-order chi connectivity index (χ1) is 8.12. The van der Waals surface area contributed by atoms with Crippen molar-refractivity contribution in [1.82, 2.24) is 0 Å². The van der Waals surface area contributed by atoms with Crippen LogP contribution in [0.5, 0.6) is 0 Å². The summed E-state index contributed by atoms with van der Waals surface area (Å²) in [6.45, 7) is -0.179. The van der Waals surface area contributed by atoms with Crippen molar-refractivity contribution in [2.45, 2.75) is 5.60 Å². The molecule has 1 fully saturated rings. The van der Waals surface area contributed by atoms with Crippen LogP contribution < -0.4 is 5.73 Å². The van der Waals surface area contributed by atoms with E-state index in [0.717, 1.165) is 0 Å². The van der Waals surface area contributed by atoms with Crippen molar-refractivity contribution in [3.05, 3.63) is 35.9 Å². The van der Waals surface area contributed by atoms with E-state index in [4.69, 9.17) is 19.9 Å². The highest BCUT2D eigenvalue weighted by molar-refractivity contribution is 5.65. The third kappa shape index (κ3) is 2.30. The first-order valence-corrected chi connectivity index (χ1v) is 4.96. The second kappa shape index (κ2) is 4.32. The molecule has 1 saturated heterocycles. The van der Waals surface area contributed by atoms with Crippen molar-refractivity contribution >= 4 is 12.2 Å². The molecule has 0 spiro atoms. The summed E-state index contributed by atoms with van der Waals surface area (Å²) in [5.41, 5.74) is 4.48. The Morgan fingerprint density at radius 3 is 2.65 bits per heavy atom. The lowest BCUT2D eigenvalue weighted by Gasteiger charge is -2.24. The SMILES string of the molecule is NC(=O)OCC1(c2ccccc2)COC(=O)O1. The molecule has 2 N–H and O–H groups in total. The first-order valence-electron chi connectivity index (χ1n) is 4.96. The summed E-state index contributed by atoms with van der Waals surface area (Å²) in [5, 5.41) is 0. The molecule has 17 heavy (non-hydrogen) atoms. The highest BCUT2D eigenvalue weighted by Crippen LogP contribution is 2.31. The molecule has 1 amide bonds. The van der Waals surface area contributed by atoms with Gasteiger partial charge in [0.15, 0.2) is 0 Å². The van der Waals surface area contributed by atoms with Crippen LogP contribution in [0.4, 0.5) is 9.59 Å². The molecule has 1 aromatic rings. The largest absolute Gasteiger partial charge is 0.509 e. The van der Waals surface area contributed by atoms with Crippen LogP contribution >= 0.6 is 0 Å². The lowest BCUT2D eigenvalue weighted by atomic mass is 9.96. The van der Waals surface area contributed by atoms with E-state index in [-0.39, 0.29) is 13.2 Å². The highest BCUT2D eigenvalue weighted by atomic mass is 16.8. The van der Waals surface area contributed by atoms with Crippen molar-refractivity contribution in [2.75, 3.05) is 13.2 Å². The zero-order valence-corrected chi connectivity index (χ0v) is 8.92. The summed E-state index contributed by atoms with van der Waals surface area (Å²) in [7, 11) is 0. The molecule has 1 aromatic carbocycles. The Balaban J connectivity index is 2.25. The first kappa shape index (κ1) is 11.3. The van der Waals surface area contributed by atoms with Crippen LogP contribution in [-0.4, -0.2) is 25.5 Å². The van der Waals surface area contributed by atoms with Gasteiger partial charge in [-0.3, -0.25) is 0 Å². The van der Waals surface area contributed by atoms with Gasteiger partial charge in [0.1, 0.15) is 13.2 Å². The number of cyclic esters (lactones) is 2. The fraction of sp³-hybridized carbons (Fsp3) is 0.273. The molecule has 90 valence electrons. The van der Waals surface area contributed by atoms with Gasteiger partial charge in [-0.1, -0.05) is 30.3 Å². The van der Waals surface area contributed by atoms with Gasteiger partial charge in [0.2, 0.25) is 5.60 Å². The van der Waals surface area contributed by atoms with Crippen LogP contribution in [0.15, 0.2) is 30.3 Å². The van der Waals surface area contributed by atoms with Gasteiger partial charge >= 0.3 is 12.2 Å². The van der Waals surface area contributed by atoms with Gasteiger partial charge < -0.3 is 19.9 Å². The van der Waals surface area contributed by atoms with Gasteiger partial charge in [-0.25, -0.2) is 9.59 Å². The van der Waals surface area contributed by atoms with Gasteiger partial charge in [-0.15, -0.1) is 0 Å². The number of benzene rings is 1. The number of carbonyl (C=O) groups is 2. The predicted octanol–water partition coefficient (Wildman–Crippen LogP) is 1.14. The number of nitrogens with two attached hydrogens (primary N) is 1. The van der Waals surface area contributed by atoms with Crippen molar-refractivity contribution < 1.29 is 23.8 Å². The van der Waals surface area contributed by atoms with E-state index in [1.54, 1.807) is 24.3 Å². The van der Waals surface area contributed by atoms with Gasteiger partial charge in [-0.05, 0) is 0 Å². The second-order valence-electron chi connectivity index (χ2n) is 3.61. The van der Waals surface area contributed by atoms with Crippen LogP contribution in [0.3, 0.4) is 0 Å². The van der Waals surface area contributed by atoms with Gasteiger partial charge in [0, 0.05) is 5.56 Å². The number of hydrogen-bond donors (Lipinski definition) is 1. The van der Waals surface area contributed by atoms with Gasteiger partial charge in [-0.2, -0.15) is 0 Å². The van der Waals surface area contributed by atoms with E-state index in [2.05, 4.69) is 0 Å². The molecule has 0 aromatic heterocycles. The highest BCUT2D eigenvalue weighted by Gasteiger charge is 2.45. The maximum Gasteiger partial charge on any atom is 0.509 e. The van der Waals surface area contributed by atoms with Gasteiger partial charge in [0.25, 0.3) is 0 Å². The molecule has 6 nitrogen and oxygen atoms in total. The molecule has 0 radical (unpaired) electrons. The quantitative estimate of drug-likeness (QED) is 0.796. The van der Waals surface area contributed by atoms with E-state index in [9.17, 15) is 9.59 Å². The summed E-state index contributed by atoms with van der Waals surface area (Å²) in [4.78, 5) is 21.7. The Morgan fingerprint density at radius 2 is 2.12 bits per heavy atom. The molecule has 0 aliphatic carbocycles. The lowest BCUT2D eigenvalue weighted by Crippen LogP contribution is -2.36. The third-order valence-electron chi connectivity index (χ3n) is 2.45. The Bertz CT molecular complexity index is 433. The number of amides is 1. The van der Waals surface area contributed by atoms with Crippen molar-refractivity contribution in [3.63, 3.8) is 0 Å². The average molecular weight is 237 g/mol. The van der Waals surface area contributed by atoms with Crippen LogP contribution in [0.25, 0.3) is 0 Å². The third-order valence-corrected chi connectivity index (χ3v) is 2.45. The molecule has 1 unspecified atom stereocenters. The van der Waals surface area contributed by atoms with Crippen molar-refractivity contribution in [1.29, 1.82) is 0 Å². The minimum atomic E-state index is -1.10. The molecule has 6 heteroatoms. The van der Waals surface area contributed by atoms with E-state index >= 15 is 0 Å². The summed E-state index contributed by atoms with van der Waals surface area (Å²) < 4.78 is 14.6. The Labute approximate surface area is 97.3 Å². The van der Waals surface area contributed by atoms with Crippen LogP contribution in [0, 0.1) is 0 Å². The summed E-state index contributed by atoms with van der Waals surface area (Å²) in [6.07, 6.45) is -1.72. The van der Waals surface area contributed by atoms with Crippen molar-refractivity contribution in [3.8, 4) is 0 Å². The molecular formula is C11H11NO5.